The Hall–Kier alpha value is -2.33. The molecule has 1 N–H and O–H groups in total. The lowest BCUT2D eigenvalue weighted by atomic mass is 9.92. The van der Waals surface area contributed by atoms with E-state index in [-0.39, 0.29) is 12.1 Å². The normalized spacial score (nSPS) is 20.2. The Kier molecular flexibility index (Phi) is 6.74. The van der Waals surface area contributed by atoms with Gasteiger partial charge in [0.25, 0.3) is 0 Å². The van der Waals surface area contributed by atoms with Gasteiger partial charge in [-0.1, -0.05) is 69.3 Å². The third kappa shape index (κ3) is 4.93. The van der Waals surface area contributed by atoms with Crippen molar-refractivity contribution in [2.75, 3.05) is 25.5 Å². The molecule has 150 valence electrons. The van der Waals surface area contributed by atoms with Crippen molar-refractivity contribution in [3.63, 3.8) is 0 Å². The fourth-order valence-corrected chi connectivity index (χ4v) is 4.07. The lowest BCUT2D eigenvalue weighted by Crippen LogP contribution is -2.53. The number of anilines is 1. The summed E-state index contributed by atoms with van der Waals surface area (Å²) in [6.07, 6.45) is 1.11. The number of nitrogens with one attached hydrogen (secondary N) is 1. The quantitative estimate of drug-likeness (QED) is 0.776. The summed E-state index contributed by atoms with van der Waals surface area (Å²) >= 11 is 0. The number of benzene rings is 2. The van der Waals surface area contributed by atoms with Crippen LogP contribution in [0, 0.1) is 5.92 Å². The van der Waals surface area contributed by atoms with E-state index in [9.17, 15) is 4.79 Å². The van der Waals surface area contributed by atoms with Gasteiger partial charge in [-0.3, -0.25) is 4.90 Å². The molecular weight excluding hydrogens is 346 g/mol. The Morgan fingerprint density at radius 3 is 2.54 bits per heavy atom. The average Bonchev–Trinajstić information content (AvgIpc) is 2.70. The van der Waals surface area contributed by atoms with Crippen LogP contribution in [0.15, 0.2) is 54.6 Å². The van der Waals surface area contributed by atoms with Crippen LogP contribution in [0.1, 0.15) is 44.2 Å². The second-order valence-corrected chi connectivity index (χ2v) is 8.34. The number of rotatable bonds is 5. The zero-order valence-electron chi connectivity index (χ0n) is 17.6. The Bertz CT molecular complexity index is 774. The van der Waals surface area contributed by atoms with E-state index in [1.165, 1.54) is 11.1 Å². The van der Waals surface area contributed by atoms with E-state index in [1.54, 1.807) is 0 Å². The van der Waals surface area contributed by atoms with Crippen molar-refractivity contribution >= 4 is 11.7 Å². The van der Waals surface area contributed by atoms with E-state index in [0.29, 0.717) is 11.8 Å². The number of para-hydroxylation sites is 1. The average molecular weight is 380 g/mol. The molecule has 1 aliphatic rings. The molecule has 0 saturated carbocycles. The smallest absolute Gasteiger partial charge is 0.321 e. The van der Waals surface area contributed by atoms with Crippen molar-refractivity contribution in [1.82, 2.24) is 9.80 Å². The molecule has 1 fully saturated rings. The predicted molar refractivity (Wildman–Crippen MR) is 117 cm³/mol. The van der Waals surface area contributed by atoms with E-state index in [1.807, 2.05) is 30.1 Å². The topological polar surface area (TPSA) is 35.6 Å². The number of piperidine rings is 1. The fraction of sp³-hybridized carbons (Fsp3) is 0.458. The number of carbonyl (C=O) groups excluding carboxylic acids is 1. The summed E-state index contributed by atoms with van der Waals surface area (Å²) in [7, 11) is 1.93. The number of amides is 2. The lowest BCUT2D eigenvalue weighted by molar-refractivity contribution is 0.0898. The van der Waals surface area contributed by atoms with E-state index >= 15 is 0 Å². The summed E-state index contributed by atoms with van der Waals surface area (Å²) in [5.74, 6) is 0.861. The Morgan fingerprint density at radius 1 is 1.14 bits per heavy atom. The van der Waals surface area contributed by atoms with Crippen LogP contribution in [0.2, 0.25) is 0 Å². The zero-order valence-corrected chi connectivity index (χ0v) is 17.6. The third-order valence-electron chi connectivity index (χ3n) is 5.89. The van der Waals surface area contributed by atoms with E-state index < -0.39 is 0 Å². The molecule has 0 radical (unpaired) electrons. The van der Waals surface area contributed by atoms with Crippen molar-refractivity contribution in [2.45, 2.75) is 45.7 Å². The van der Waals surface area contributed by atoms with Crippen molar-refractivity contribution in [3.8, 4) is 0 Å². The molecule has 4 heteroatoms. The maximum absolute atomic E-state index is 13.0. The van der Waals surface area contributed by atoms with Crippen LogP contribution >= 0.6 is 0 Å². The van der Waals surface area contributed by atoms with Crippen LogP contribution in [0.5, 0.6) is 0 Å². The van der Waals surface area contributed by atoms with Crippen LogP contribution in [0.25, 0.3) is 0 Å². The van der Waals surface area contributed by atoms with Gasteiger partial charge in [0.15, 0.2) is 0 Å². The standard InChI is InChI=1S/C24H33N3O/c1-18(2)21-12-8-9-13-22(21)25-24(28)26(4)23-17-27(15-14-19(23)3)16-20-10-6-5-7-11-20/h5-13,18-19,23H,14-17H2,1-4H3,(H,25,28)/t19-,23+/m1/s1. The molecule has 1 heterocycles. The molecule has 2 amide bonds. The number of likely N-dealkylation sites (N-methyl/N-ethyl adjacent to an activating group) is 1. The summed E-state index contributed by atoms with van der Waals surface area (Å²) in [4.78, 5) is 17.4. The van der Waals surface area contributed by atoms with Crippen LogP contribution in [-0.4, -0.2) is 42.0 Å². The maximum Gasteiger partial charge on any atom is 0.321 e. The summed E-state index contributed by atoms with van der Waals surface area (Å²) < 4.78 is 0. The van der Waals surface area contributed by atoms with Gasteiger partial charge >= 0.3 is 6.03 Å². The second kappa shape index (κ2) is 9.24. The molecule has 0 bridgehead atoms. The summed E-state index contributed by atoms with van der Waals surface area (Å²) in [5.41, 5.74) is 3.42. The van der Waals surface area contributed by atoms with Gasteiger partial charge in [-0.25, -0.2) is 4.79 Å². The molecule has 2 aromatic rings. The minimum absolute atomic E-state index is 0.0217. The largest absolute Gasteiger partial charge is 0.323 e. The van der Waals surface area contributed by atoms with Crippen molar-refractivity contribution < 1.29 is 4.79 Å². The second-order valence-electron chi connectivity index (χ2n) is 8.34. The van der Waals surface area contributed by atoms with Gasteiger partial charge in [-0.2, -0.15) is 0 Å². The molecule has 0 unspecified atom stereocenters. The van der Waals surface area contributed by atoms with Gasteiger partial charge in [0, 0.05) is 31.9 Å². The zero-order chi connectivity index (χ0) is 20.1. The number of urea groups is 1. The molecule has 2 atom stereocenters. The number of hydrogen-bond donors (Lipinski definition) is 1. The predicted octanol–water partition coefficient (Wildman–Crippen LogP) is 5.18. The van der Waals surface area contributed by atoms with E-state index in [2.05, 4.69) is 67.4 Å². The minimum Gasteiger partial charge on any atom is -0.323 e. The first-order valence-electron chi connectivity index (χ1n) is 10.3. The molecular formula is C24H33N3O. The first-order valence-corrected chi connectivity index (χ1v) is 10.3. The number of hydrogen-bond acceptors (Lipinski definition) is 2. The SMILES string of the molecule is CC(C)c1ccccc1NC(=O)N(C)[C@H]1CN(Cc2ccccc2)CC[C@H]1C. The highest BCUT2D eigenvalue weighted by molar-refractivity contribution is 5.90. The molecule has 2 aromatic carbocycles. The van der Waals surface area contributed by atoms with Gasteiger partial charge in [0.05, 0.1) is 0 Å². The highest BCUT2D eigenvalue weighted by Gasteiger charge is 2.31. The Labute approximate surface area is 169 Å². The first-order chi connectivity index (χ1) is 13.5. The Morgan fingerprint density at radius 2 is 1.82 bits per heavy atom. The molecule has 0 spiro atoms. The number of carbonyl (C=O) groups is 1. The van der Waals surface area contributed by atoms with Gasteiger partial charge in [0.2, 0.25) is 0 Å². The third-order valence-corrected chi connectivity index (χ3v) is 5.89. The van der Waals surface area contributed by atoms with E-state index in [4.69, 9.17) is 0 Å². The summed E-state index contributed by atoms with van der Waals surface area (Å²) in [6.45, 7) is 9.49. The van der Waals surface area contributed by atoms with Crippen molar-refractivity contribution in [2.24, 2.45) is 5.92 Å². The number of likely N-dealkylation sites (tertiary alicyclic amines) is 1. The highest BCUT2D eigenvalue weighted by Crippen LogP contribution is 2.26. The molecule has 3 rings (SSSR count). The van der Waals surface area contributed by atoms with E-state index in [0.717, 1.165) is 31.7 Å². The fourth-order valence-electron chi connectivity index (χ4n) is 4.07. The van der Waals surface area contributed by atoms with Gasteiger partial charge in [0.1, 0.15) is 0 Å². The first kappa shape index (κ1) is 20.4. The van der Waals surface area contributed by atoms with Gasteiger partial charge in [-0.15, -0.1) is 0 Å². The monoisotopic (exact) mass is 379 g/mol. The van der Waals surface area contributed by atoms with Crippen molar-refractivity contribution in [1.29, 1.82) is 0 Å². The Balaban J connectivity index is 1.66. The highest BCUT2D eigenvalue weighted by atomic mass is 16.2. The van der Waals surface area contributed by atoms with Crippen LogP contribution in [0.4, 0.5) is 10.5 Å². The van der Waals surface area contributed by atoms with Crippen LogP contribution < -0.4 is 5.32 Å². The lowest BCUT2D eigenvalue weighted by Gasteiger charge is -2.41. The summed E-state index contributed by atoms with van der Waals surface area (Å²) in [5, 5.41) is 3.14. The number of nitrogens with zero attached hydrogens (tertiary/aromatic N) is 2. The summed E-state index contributed by atoms with van der Waals surface area (Å²) in [6, 6.07) is 18.9. The molecule has 1 aliphatic heterocycles. The molecule has 1 saturated heterocycles. The maximum atomic E-state index is 13.0. The molecule has 0 aromatic heterocycles. The van der Waals surface area contributed by atoms with Crippen LogP contribution in [-0.2, 0) is 6.54 Å². The molecule has 0 aliphatic carbocycles. The van der Waals surface area contributed by atoms with Crippen LogP contribution in [0.3, 0.4) is 0 Å². The molecule has 28 heavy (non-hydrogen) atoms. The van der Waals surface area contributed by atoms with Crippen molar-refractivity contribution in [3.05, 3.63) is 65.7 Å². The molecule has 4 nitrogen and oxygen atoms in total. The van der Waals surface area contributed by atoms with Gasteiger partial charge in [-0.05, 0) is 42.0 Å². The minimum atomic E-state index is -0.0217. The van der Waals surface area contributed by atoms with Gasteiger partial charge < -0.3 is 10.2 Å².